The number of aromatic nitrogens is 2. The molecule has 4 heterocycles. The molecule has 6 rings (SSSR count). The van der Waals surface area contributed by atoms with Crippen LogP contribution in [0.25, 0.3) is 0 Å². The van der Waals surface area contributed by atoms with E-state index in [9.17, 15) is 9.18 Å². The monoisotopic (exact) mass is 664 g/mol. The number of ether oxygens (including phenoxy) is 1. The molecule has 3 aliphatic rings. The van der Waals surface area contributed by atoms with Crippen molar-refractivity contribution in [3.63, 3.8) is 0 Å². The fourth-order valence-corrected chi connectivity index (χ4v) is 6.96. The van der Waals surface area contributed by atoms with Crippen molar-refractivity contribution in [1.82, 2.24) is 19.8 Å². The smallest absolute Gasteiger partial charge is 0.247 e. The number of hydrogen-bond acceptors (Lipinski definition) is 10. The minimum Gasteiger partial charge on any atom is -0.494 e. The van der Waals surface area contributed by atoms with E-state index in [1.807, 2.05) is 12.1 Å². The SMILES string of the molecule is C=CC(=O)Nc1cc(Nc2cc(N3OCCC3c3ccc(Cl)cc3F)ncn2)c(OC)cc1N1CCC(N2CCC(N(C)C)C2)CC1. The van der Waals surface area contributed by atoms with Crippen LogP contribution in [0, 0.1) is 5.82 Å². The zero-order chi connectivity index (χ0) is 33.1. The number of piperidine rings is 1. The lowest BCUT2D eigenvalue weighted by Gasteiger charge is -2.39. The number of likely N-dealkylation sites (N-methyl/N-ethyl adjacent to an activating group) is 1. The van der Waals surface area contributed by atoms with Gasteiger partial charge in [0.15, 0.2) is 5.82 Å². The average molecular weight is 665 g/mol. The highest BCUT2D eigenvalue weighted by Crippen LogP contribution is 2.41. The van der Waals surface area contributed by atoms with Crippen LogP contribution in [-0.2, 0) is 9.63 Å². The summed E-state index contributed by atoms with van der Waals surface area (Å²) in [5.74, 6) is 0.816. The van der Waals surface area contributed by atoms with Crippen LogP contribution < -0.4 is 25.3 Å². The maximum atomic E-state index is 14.8. The lowest BCUT2D eigenvalue weighted by molar-refractivity contribution is -0.111. The molecule has 13 heteroatoms. The molecule has 3 saturated heterocycles. The predicted octanol–water partition coefficient (Wildman–Crippen LogP) is 5.63. The average Bonchev–Trinajstić information content (AvgIpc) is 3.76. The Morgan fingerprint density at radius 1 is 1.11 bits per heavy atom. The van der Waals surface area contributed by atoms with Crippen molar-refractivity contribution in [1.29, 1.82) is 0 Å². The van der Waals surface area contributed by atoms with Gasteiger partial charge in [0.1, 0.15) is 23.7 Å². The van der Waals surface area contributed by atoms with Crippen LogP contribution in [0.15, 0.2) is 55.4 Å². The molecule has 47 heavy (non-hydrogen) atoms. The van der Waals surface area contributed by atoms with Crippen molar-refractivity contribution >= 4 is 46.2 Å². The first-order valence-corrected chi connectivity index (χ1v) is 16.4. The van der Waals surface area contributed by atoms with E-state index < -0.39 is 5.82 Å². The Balaban J connectivity index is 1.22. The summed E-state index contributed by atoms with van der Waals surface area (Å²) >= 11 is 5.99. The van der Waals surface area contributed by atoms with Gasteiger partial charge < -0.3 is 25.2 Å². The molecule has 2 unspecified atom stereocenters. The Morgan fingerprint density at radius 3 is 2.62 bits per heavy atom. The van der Waals surface area contributed by atoms with Crippen molar-refractivity contribution < 1.29 is 18.8 Å². The highest BCUT2D eigenvalue weighted by Gasteiger charge is 2.33. The second-order valence-electron chi connectivity index (χ2n) is 12.4. The first kappa shape index (κ1) is 33.0. The molecule has 1 amide bonds. The molecular formula is C34H42ClFN8O3. The van der Waals surface area contributed by atoms with Crippen molar-refractivity contribution in [3.8, 4) is 5.75 Å². The number of benzene rings is 2. The van der Waals surface area contributed by atoms with Gasteiger partial charge in [-0.15, -0.1) is 0 Å². The predicted molar refractivity (Wildman–Crippen MR) is 183 cm³/mol. The topological polar surface area (TPSA) is 98.3 Å². The molecule has 0 spiro atoms. The van der Waals surface area contributed by atoms with Gasteiger partial charge >= 0.3 is 0 Å². The van der Waals surface area contributed by atoms with Crippen molar-refractivity contribution in [2.75, 3.05) is 74.6 Å². The van der Waals surface area contributed by atoms with Crippen LogP contribution in [0.5, 0.6) is 5.75 Å². The van der Waals surface area contributed by atoms with Crippen LogP contribution in [0.3, 0.4) is 0 Å². The molecule has 3 aliphatic heterocycles. The zero-order valence-corrected chi connectivity index (χ0v) is 27.8. The van der Waals surface area contributed by atoms with Gasteiger partial charge in [-0.05, 0) is 57.6 Å². The number of carbonyl (C=O) groups excluding carboxylic acids is 1. The van der Waals surface area contributed by atoms with Gasteiger partial charge in [0.25, 0.3) is 0 Å². The summed E-state index contributed by atoms with van der Waals surface area (Å²) in [6, 6.07) is 10.9. The number of nitrogens with zero attached hydrogens (tertiary/aromatic N) is 6. The minimum absolute atomic E-state index is 0.306. The highest BCUT2D eigenvalue weighted by atomic mass is 35.5. The number of anilines is 5. The molecule has 0 saturated carbocycles. The molecular weight excluding hydrogens is 623 g/mol. The fraction of sp³-hybridized carbons (Fsp3) is 0.441. The van der Waals surface area contributed by atoms with Crippen LogP contribution in [0.1, 0.15) is 37.3 Å². The summed E-state index contributed by atoms with van der Waals surface area (Å²) in [4.78, 5) is 34.5. The summed E-state index contributed by atoms with van der Waals surface area (Å²) in [5, 5.41) is 8.25. The molecule has 2 aromatic carbocycles. The number of hydroxylamine groups is 1. The fourth-order valence-electron chi connectivity index (χ4n) is 6.80. The van der Waals surface area contributed by atoms with Crippen molar-refractivity contribution in [2.45, 2.75) is 43.8 Å². The quantitative estimate of drug-likeness (QED) is 0.265. The van der Waals surface area contributed by atoms with E-state index in [1.165, 1.54) is 24.9 Å². The van der Waals surface area contributed by atoms with Crippen LogP contribution >= 0.6 is 11.6 Å². The van der Waals surface area contributed by atoms with Gasteiger partial charge in [-0.2, -0.15) is 0 Å². The summed E-state index contributed by atoms with van der Waals surface area (Å²) in [6.45, 7) is 8.02. The molecule has 3 aromatic rings. The summed E-state index contributed by atoms with van der Waals surface area (Å²) in [5.41, 5.74) is 2.60. The zero-order valence-electron chi connectivity index (χ0n) is 27.1. The van der Waals surface area contributed by atoms with Gasteiger partial charge in [-0.1, -0.05) is 24.2 Å². The van der Waals surface area contributed by atoms with Crippen LogP contribution in [0.2, 0.25) is 5.02 Å². The number of methoxy groups -OCH3 is 1. The molecule has 250 valence electrons. The molecule has 2 atom stereocenters. The van der Waals surface area contributed by atoms with Crippen LogP contribution in [0.4, 0.5) is 33.1 Å². The van der Waals surface area contributed by atoms with Crippen molar-refractivity contribution in [3.05, 3.63) is 71.8 Å². The van der Waals surface area contributed by atoms with E-state index in [-0.39, 0.29) is 11.9 Å². The van der Waals surface area contributed by atoms with E-state index in [1.54, 1.807) is 30.4 Å². The lowest BCUT2D eigenvalue weighted by Crippen LogP contribution is -2.45. The number of rotatable bonds is 10. The third kappa shape index (κ3) is 7.30. The van der Waals surface area contributed by atoms with E-state index in [4.69, 9.17) is 21.2 Å². The number of likely N-dealkylation sites (tertiary alicyclic amines) is 1. The van der Waals surface area contributed by atoms with Gasteiger partial charge in [0.2, 0.25) is 5.91 Å². The maximum absolute atomic E-state index is 14.8. The molecule has 0 aliphatic carbocycles. The lowest BCUT2D eigenvalue weighted by atomic mass is 10.0. The molecule has 11 nitrogen and oxygen atoms in total. The largest absolute Gasteiger partial charge is 0.494 e. The Bertz CT molecular complexity index is 1600. The molecule has 2 N–H and O–H groups in total. The number of carbonyl (C=O) groups is 1. The Kier molecular flexibility index (Phi) is 10.1. The van der Waals surface area contributed by atoms with Gasteiger partial charge in [-0.3, -0.25) is 14.5 Å². The summed E-state index contributed by atoms with van der Waals surface area (Å²) in [6.07, 6.45) is 6.55. The third-order valence-corrected chi connectivity index (χ3v) is 9.61. The second kappa shape index (κ2) is 14.4. The standard InChI is InChI=1S/C34H42ClFN8O3/c1-5-34(45)40-27-17-28(31(46-4)18-30(27)42-12-8-23(9-13-42)43-14-10-24(20-43)41(2)3)39-32-19-33(38-21-37-32)44-29(11-15-47-44)25-7-6-22(35)16-26(25)36/h5-7,16-19,21,23-24,29H,1,8-15,20H2,2-4H3,(H,40,45)(H,37,38,39). The van der Waals surface area contributed by atoms with E-state index in [2.05, 4.69) is 56.0 Å². The maximum Gasteiger partial charge on any atom is 0.247 e. The van der Waals surface area contributed by atoms with Gasteiger partial charge in [0, 0.05) is 67.4 Å². The second-order valence-corrected chi connectivity index (χ2v) is 12.8. The minimum atomic E-state index is -0.400. The Hall–Kier alpha value is -3.97. The molecule has 0 radical (unpaired) electrons. The molecule has 1 aromatic heterocycles. The van der Waals surface area contributed by atoms with Gasteiger partial charge in [0.05, 0.1) is 36.8 Å². The highest BCUT2D eigenvalue weighted by molar-refractivity contribution is 6.30. The molecule has 0 bridgehead atoms. The van der Waals surface area contributed by atoms with Crippen LogP contribution in [-0.4, -0.2) is 91.7 Å². The number of nitrogens with one attached hydrogen (secondary N) is 2. The number of hydrogen-bond donors (Lipinski definition) is 2. The normalized spacial score (nSPS) is 20.6. The van der Waals surface area contributed by atoms with Crippen molar-refractivity contribution in [2.24, 2.45) is 0 Å². The summed E-state index contributed by atoms with van der Waals surface area (Å²) in [7, 11) is 5.93. The number of halogens is 2. The van der Waals surface area contributed by atoms with E-state index in [0.29, 0.717) is 64.5 Å². The molecule has 3 fully saturated rings. The Labute approximate surface area is 280 Å². The van der Waals surface area contributed by atoms with Gasteiger partial charge in [-0.25, -0.2) is 19.4 Å². The first-order valence-electron chi connectivity index (χ1n) is 16.0. The Morgan fingerprint density at radius 2 is 1.91 bits per heavy atom. The first-order chi connectivity index (χ1) is 22.7. The number of amides is 1. The third-order valence-electron chi connectivity index (χ3n) is 9.38. The summed E-state index contributed by atoms with van der Waals surface area (Å²) < 4.78 is 20.7. The van der Waals surface area contributed by atoms with E-state index >= 15 is 0 Å². The van der Waals surface area contributed by atoms with E-state index in [0.717, 1.165) is 44.7 Å².